The smallest absolute Gasteiger partial charge is 0.326 e. The molecule has 414 valence electrons. The van der Waals surface area contributed by atoms with E-state index in [9.17, 15) is 48.3 Å². The number of aliphatic carboxylic acids is 1. The SMILES string of the molecule is CC(C)C[C@H](NC(=O)CNC(=O)[C@@H](N)CC(C)C)C(=O)N[C@@H](Cc1cnc[nH]1)C(=O)N[C@@H](CCCN=C(N)N)C(=O)N[C@H](C(=O)N[C@@H](CC(C)C)C(=O)N[C@H](C(=O)N[C@@H](CCCCN)C(=O)O)C(C)C)C(C)C. The molecule has 73 heavy (non-hydrogen) atoms. The van der Waals surface area contributed by atoms with Crippen LogP contribution >= 0.6 is 0 Å². The number of guanidine groups is 1. The van der Waals surface area contributed by atoms with Crippen molar-refractivity contribution in [1.29, 1.82) is 0 Å². The molecule has 0 unspecified atom stereocenters. The quantitative estimate of drug-likeness (QED) is 0.0209. The summed E-state index contributed by atoms with van der Waals surface area (Å²) in [5, 5.41) is 31.0. The molecule has 0 aliphatic rings. The molecule has 0 aromatic carbocycles. The summed E-state index contributed by atoms with van der Waals surface area (Å²) in [7, 11) is 0. The van der Waals surface area contributed by atoms with Gasteiger partial charge in [0, 0.05) is 24.9 Å². The number of aliphatic imine (C=N–C) groups is 1. The van der Waals surface area contributed by atoms with Gasteiger partial charge >= 0.3 is 5.97 Å². The van der Waals surface area contributed by atoms with Crippen molar-refractivity contribution in [3.05, 3.63) is 18.2 Å². The second-order valence-electron chi connectivity index (χ2n) is 20.4. The molecule has 0 spiro atoms. The number of carboxylic acids is 1. The van der Waals surface area contributed by atoms with Crippen molar-refractivity contribution < 1.29 is 48.3 Å². The van der Waals surface area contributed by atoms with E-state index in [-0.39, 0.29) is 68.8 Å². The maximum absolute atomic E-state index is 14.3. The highest BCUT2D eigenvalue weighted by Gasteiger charge is 2.36. The fourth-order valence-electron chi connectivity index (χ4n) is 7.56. The van der Waals surface area contributed by atoms with Crippen LogP contribution in [0.2, 0.25) is 0 Å². The Morgan fingerprint density at radius 2 is 1.05 bits per heavy atom. The lowest BCUT2D eigenvalue weighted by Gasteiger charge is -2.30. The summed E-state index contributed by atoms with van der Waals surface area (Å²) in [6.45, 7) is 17.8. The standard InChI is InChI=1S/C48H87N15O10/c1-25(2)18-31(50)40(65)55-23-37(64)57-34(19-26(3)4)42(67)60-36(21-30-22-53-24-56-30)43(68)58-32(15-13-17-54-48(51)52)41(66)62-39(29(9)10)46(71)61-35(20-27(5)6)44(69)63-38(28(7)8)45(70)59-33(47(72)73)14-11-12-16-49/h22,24-29,31-36,38-39H,11-21,23,49-50H2,1-10H3,(H,53,56)(H,55,65)(H,57,64)(H,58,68)(H,59,70)(H,60,67)(H,61,71)(H,62,66)(H,63,69)(H,72,73)(H4,51,52,54)/t31-,32-,33-,34-,35-,36-,38-,39-/m0/s1. The first kappa shape index (κ1) is 64.6. The van der Waals surface area contributed by atoms with Gasteiger partial charge in [0.05, 0.1) is 18.9 Å². The van der Waals surface area contributed by atoms with Crippen LogP contribution in [0.3, 0.4) is 0 Å². The highest BCUT2D eigenvalue weighted by atomic mass is 16.4. The molecule has 25 heteroatoms. The topological polar surface area (TPSA) is 415 Å². The third kappa shape index (κ3) is 25.7. The normalized spacial score (nSPS) is 14.7. The minimum absolute atomic E-state index is 0.0448. The third-order valence-corrected chi connectivity index (χ3v) is 11.4. The van der Waals surface area contributed by atoms with Gasteiger partial charge in [0.1, 0.15) is 42.3 Å². The van der Waals surface area contributed by atoms with E-state index < -0.39 is 120 Å². The summed E-state index contributed by atoms with van der Waals surface area (Å²) < 4.78 is 0. The number of nitrogens with zero attached hydrogens (tertiary/aromatic N) is 2. The molecule has 0 saturated carbocycles. The van der Waals surface area contributed by atoms with Crippen molar-refractivity contribution in [1.82, 2.24) is 52.5 Å². The van der Waals surface area contributed by atoms with Gasteiger partial charge in [-0.25, -0.2) is 9.78 Å². The number of amides is 8. The predicted molar refractivity (Wildman–Crippen MR) is 275 cm³/mol. The number of rotatable bonds is 35. The molecule has 25 nitrogen and oxygen atoms in total. The average molecular weight is 1030 g/mol. The van der Waals surface area contributed by atoms with E-state index in [1.807, 2.05) is 41.5 Å². The van der Waals surface area contributed by atoms with E-state index in [1.165, 1.54) is 12.5 Å². The van der Waals surface area contributed by atoms with E-state index in [0.717, 1.165) is 0 Å². The first-order valence-electron chi connectivity index (χ1n) is 25.3. The number of imidazole rings is 1. The number of carbonyl (C=O) groups excluding carboxylic acids is 8. The van der Waals surface area contributed by atoms with E-state index in [2.05, 4.69) is 57.5 Å². The van der Waals surface area contributed by atoms with Crippen molar-refractivity contribution >= 4 is 59.2 Å². The minimum atomic E-state index is -1.34. The number of H-pyrrole nitrogens is 1. The maximum atomic E-state index is 14.3. The molecular weight excluding hydrogens is 947 g/mol. The molecule has 18 N–H and O–H groups in total. The summed E-state index contributed by atoms with van der Waals surface area (Å²) in [4.78, 5) is 133. The Hall–Kier alpha value is -6.37. The van der Waals surface area contributed by atoms with Gasteiger partial charge in [0.15, 0.2) is 5.96 Å². The first-order chi connectivity index (χ1) is 34.2. The monoisotopic (exact) mass is 1030 g/mol. The van der Waals surface area contributed by atoms with Gasteiger partial charge in [-0.05, 0) is 87.5 Å². The number of nitrogens with one attached hydrogen (secondary N) is 9. The van der Waals surface area contributed by atoms with Crippen molar-refractivity contribution in [3.8, 4) is 0 Å². The van der Waals surface area contributed by atoms with Crippen molar-refractivity contribution in [2.45, 2.75) is 175 Å². The van der Waals surface area contributed by atoms with Gasteiger partial charge in [-0.3, -0.25) is 43.3 Å². The van der Waals surface area contributed by atoms with Crippen LogP contribution in [0.1, 0.15) is 126 Å². The molecule has 8 atom stereocenters. The van der Waals surface area contributed by atoms with Crippen molar-refractivity contribution in [2.24, 2.45) is 57.5 Å². The molecular formula is C48H87N15O10. The van der Waals surface area contributed by atoms with Crippen LogP contribution in [0.25, 0.3) is 0 Å². The van der Waals surface area contributed by atoms with Gasteiger partial charge < -0.3 is 75.6 Å². The lowest BCUT2D eigenvalue weighted by molar-refractivity contribution is -0.143. The number of aromatic nitrogens is 2. The summed E-state index contributed by atoms with van der Waals surface area (Å²) in [5.41, 5.74) is 23.0. The van der Waals surface area contributed by atoms with Gasteiger partial charge in [-0.1, -0.05) is 69.2 Å². The fraction of sp³-hybridized carbons (Fsp3) is 0.729. The lowest BCUT2D eigenvalue weighted by atomic mass is 9.97. The summed E-state index contributed by atoms with van der Waals surface area (Å²) in [6, 6.07) is -9.50. The molecule has 0 saturated heterocycles. The van der Waals surface area contributed by atoms with Crippen LogP contribution in [-0.2, 0) is 49.6 Å². The Morgan fingerprint density at radius 1 is 0.589 bits per heavy atom. The van der Waals surface area contributed by atoms with Gasteiger partial charge in [-0.15, -0.1) is 0 Å². The molecule has 0 radical (unpaired) electrons. The highest BCUT2D eigenvalue weighted by Crippen LogP contribution is 2.13. The molecule has 0 aliphatic carbocycles. The van der Waals surface area contributed by atoms with E-state index >= 15 is 0 Å². The lowest BCUT2D eigenvalue weighted by Crippen LogP contribution is -2.61. The molecule has 1 rings (SSSR count). The molecule has 0 bridgehead atoms. The molecule has 1 aromatic heterocycles. The van der Waals surface area contributed by atoms with Crippen LogP contribution in [0, 0.1) is 29.6 Å². The number of hydrogen-bond acceptors (Lipinski definition) is 13. The van der Waals surface area contributed by atoms with Crippen molar-refractivity contribution in [3.63, 3.8) is 0 Å². The Kier molecular flexibility index (Phi) is 29.6. The van der Waals surface area contributed by atoms with E-state index in [0.29, 0.717) is 31.5 Å². The number of carboxylic acid groups (broad SMARTS) is 1. The van der Waals surface area contributed by atoms with Crippen LogP contribution in [-0.4, -0.2) is 142 Å². The average Bonchev–Trinajstić information content (AvgIpc) is 3.81. The Labute approximate surface area is 429 Å². The van der Waals surface area contributed by atoms with Crippen LogP contribution in [0.5, 0.6) is 0 Å². The Morgan fingerprint density at radius 3 is 1.53 bits per heavy atom. The zero-order chi connectivity index (χ0) is 55.5. The zero-order valence-corrected chi connectivity index (χ0v) is 44.5. The van der Waals surface area contributed by atoms with E-state index in [1.54, 1.807) is 27.7 Å². The molecule has 0 fully saturated rings. The molecule has 1 aromatic rings. The number of aromatic amines is 1. The number of carbonyl (C=O) groups is 9. The summed E-state index contributed by atoms with van der Waals surface area (Å²) in [5.74, 6) is -8.29. The summed E-state index contributed by atoms with van der Waals surface area (Å²) >= 11 is 0. The molecule has 1 heterocycles. The Balaban J connectivity index is 3.46. The maximum Gasteiger partial charge on any atom is 0.326 e. The fourth-order valence-corrected chi connectivity index (χ4v) is 7.56. The molecule has 0 aliphatic heterocycles. The van der Waals surface area contributed by atoms with E-state index in [4.69, 9.17) is 22.9 Å². The van der Waals surface area contributed by atoms with Gasteiger partial charge in [-0.2, -0.15) is 0 Å². The van der Waals surface area contributed by atoms with Crippen LogP contribution in [0.4, 0.5) is 0 Å². The number of unbranched alkanes of at least 4 members (excludes halogenated alkanes) is 1. The molecule has 8 amide bonds. The number of nitrogens with two attached hydrogens (primary N) is 4. The van der Waals surface area contributed by atoms with Crippen LogP contribution in [0.15, 0.2) is 17.5 Å². The number of hydrogen-bond donors (Lipinski definition) is 14. The third-order valence-electron chi connectivity index (χ3n) is 11.4. The minimum Gasteiger partial charge on any atom is -0.480 e. The first-order valence-corrected chi connectivity index (χ1v) is 25.3. The second-order valence-corrected chi connectivity index (χ2v) is 20.4. The van der Waals surface area contributed by atoms with Gasteiger partial charge in [0.2, 0.25) is 47.3 Å². The van der Waals surface area contributed by atoms with Crippen molar-refractivity contribution in [2.75, 3.05) is 19.6 Å². The van der Waals surface area contributed by atoms with Crippen LogP contribution < -0.4 is 65.5 Å². The summed E-state index contributed by atoms with van der Waals surface area (Å²) in [6.07, 6.45) is 4.66. The predicted octanol–water partition coefficient (Wildman–Crippen LogP) is -1.49. The Bertz CT molecular complexity index is 1960. The van der Waals surface area contributed by atoms with Gasteiger partial charge in [0.25, 0.3) is 0 Å². The highest BCUT2D eigenvalue weighted by molar-refractivity contribution is 5.98. The second kappa shape index (κ2) is 33.4. The zero-order valence-electron chi connectivity index (χ0n) is 44.5. The largest absolute Gasteiger partial charge is 0.480 e.